The van der Waals surface area contributed by atoms with Gasteiger partial charge in [0.05, 0.1) is 11.6 Å². The van der Waals surface area contributed by atoms with Crippen molar-refractivity contribution in [3.8, 4) is 0 Å². The molecule has 0 aliphatic carbocycles. The van der Waals surface area contributed by atoms with Crippen LogP contribution in [0.4, 0.5) is 0 Å². The van der Waals surface area contributed by atoms with Crippen LogP contribution in [-0.4, -0.2) is 33.4 Å². The van der Waals surface area contributed by atoms with Gasteiger partial charge >= 0.3 is 5.97 Å². The van der Waals surface area contributed by atoms with Crippen LogP contribution in [0.2, 0.25) is 0 Å². The summed E-state index contributed by atoms with van der Waals surface area (Å²) in [4.78, 5) is 29.6. The molecule has 118 valence electrons. The lowest BCUT2D eigenvalue weighted by molar-refractivity contribution is 0.0696. The molecular weight excluding hydrogens is 292 g/mol. The van der Waals surface area contributed by atoms with Gasteiger partial charge in [0.2, 0.25) is 0 Å². The summed E-state index contributed by atoms with van der Waals surface area (Å²) in [5.74, 6) is -1.27. The van der Waals surface area contributed by atoms with Gasteiger partial charge in [0.15, 0.2) is 0 Å². The van der Waals surface area contributed by atoms with Crippen LogP contribution < -0.4 is 0 Å². The maximum atomic E-state index is 12.7. The van der Waals surface area contributed by atoms with Crippen LogP contribution in [0.15, 0.2) is 42.6 Å². The van der Waals surface area contributed by atoms with Crippen molar-refractivity contribution >= 4 is 11.9 Å². The fourth-order valence-corrected chi connectivity index (χ4v) is 2.97. The van der Waals surface area contributed by atoms with Gasteiger partial charge in [-0.25, -0.2) is 4.79 Å². The maximum Gasteiger partial charge on any atom is 0.335 e. The highest BCUT2D eigenvalue weighted by Crippen LogP contribution is 2.33. The molecule has 1 aliphatic rings. The topological polar surface area (TPSA) is 70.5 Å². The molecule has 5 nitrogen and oxygen atoms in total. The first kappa shape index (κ1) is 15.2. The van der Waals surface area contributed by atoms with E-state index in [2.05, 4.69) is 4.98 Å². The second-order valence-electron chi connectivity index (χ2n) is 5.80. The zero-order chi connectivity index (χ0) is 16.4. The van der Waals surface area contributed by atoms with Gasteiger partial charge in [-0.3, -0.25) is 9.78 Å². The molecule has 0 spiro atoms. The number of amides is 1. The summed E-state index contributed by atoms with van der Waals surface area (Å²) in [5.41, 5.74) is 2.55. The predicted octanol–water partition coefficient (Wildman–Crippen LogP) is 3.07. The fraction of sp³-hybridized carbons (Fsp3) is 0.278. The Labute approximate surface area is 134 Å². The van der Waals surface area contributed by atoms with Gasteiger partial charge in [-0.15, -0.1) is 0 Å². The Hall–Kier alpha value is -2.69. The van der Waals surface area contributed by atoms with Crippen LogP contribution in [-0.2, 0) is 0 Å². The molecule has 0 radical (unpaired) electrons. The Balaban J connectivity index is 1.87. The molecule has 5 heteroatoms. The molecule has 1 fully saturated rings. The molecule has 1 N–H and O–H groups in total. The molecule has 0 bridgehead atoms. The Morgan fingerprint density at radius 1 is 1.22 bits per heavy atom. The highest BCUT2D eigenvalue weighted by molar-refractivity contribution is 5.96. The first-order chi connectivity index (χ1) is 11.1. The lowest BCUT2D eigenvalue weighted by Crippen LogP contribution is -2.31. The molecule has 23 heavy (non-hydrogen) atoms. The summed E-state index contributed by atoms with van der Waals surface area (Å²) in [6.07, 6.45) is 3.21. The van der Waals surface area contributed by atoms with E-state index in [-0.39, 0.29) is 23.2 Å². The van der Waals surface area contributed by atoms with Crippen molar-refractivity contribution in [3.05, 3.63) is 65.0 Å². The average Bonchev–Trinajstić information content (AvgIpc) is 3.04. The van der Waals surface area contributed by atoms with Crippen LogP contribution in [0, 0.1) is 6.92 Å². The number of benzene rings is 1. The number of carboxylic acid groups (broad SMARTS) is 1. The molecule has 1 aliphatic heterocycles. The smallest absolute Gasteiger partial charge is 0.335 e. The summed E-state index contributed by atoms with van der Waals surface area (Å²) in [5, 5.41) is 9.06. The summed E-state index contributed by atoms with van der Waals surface area (Å²) in [6.45, 7) is 2.69. The summed E-state index contributed by atoms with van der Waals surface area (Å²) < 4.78 is 0. The average molecular weight is 310 g/mol. The zero-order valence-corrected chi connectivity index (χ0v) is 12.9. The summed E-state index contributed by atoms with van der Waals surface area (Å²) in [7, 11) is 0. The van der Waals surface area contributed by atoms with Crippen molar-refractivity contribution in [3.63, 3.8) is 0 Å². The van der Waals surface area contributed by atoms with Gasteiger partial charge < -0.3 is 10.0 Å². The van der Waals surface area contributed by atoms with E-state index in [0.29, 0.717) is 6.54 Å². The van der Waals surface area contributed by atoms with Crippen LogP contribution in [0.25, 0.3) is 0 Å². The summed E-state index contributed by atoms with van der Waals surface area (Å²) in [6, 6.07) is 10.9. The first-order valence-electron chi connectivity index (χ1n) is 7.63. The van der Waals surface area contributed by atoms with Crippen LogP contribution >= 0.6 is 0 Å². The fourth-order valence-electron chi connectivity index (χ4n) is 2.97. The van der Waals surface area contributed by atoms with Crippen LogP contribution in [0.5, 0.6) is 0 Å². The lowest BCUT2D eigenvalue weighted by Gasteiger charge is -2.25. The van der Waals surface area contributed by atoms with Gasteiger partial charge in [-0.05, 0) is 37.5 Å². The van der Waals surface area contributed by atoms with Gasteiger partial charge in [-0.2, -0.15) is 0 Å². The Kier molecular flexibility index (Phi) is 4.10. The van der Waals surface area contributed by atoms with E-state index in [4.69, 9.17) is 5.11 Å². The van der Waals surface area contributed by atoms with Crippen molar-refractivity contribution in [2.45, 2.75) is 25.8 Å². The number of likely N-dealkylation sites (tertiary alicyclic amines) is 1. The van der Waals surface area contributed by atoms with Gasteiger partial charge in [0.25, 0.3) is 5.91 Å². The van der Waals surface area contributed by atoms with E-state index >= 15 is 0 Å². The van der Waals surface area contributed by atoms with Crippen LogP contribution in [0.1, 0.15) is 50.9 Å². The third kappa shape index (κ3) is 3.08. The zero-order valence-electron chi connectivity index (χ0n) is 12.9. The standard InChI is InChI=1S/C18H18N2O3/c1-12-4-6-13(7-5-12)16-3-2-10-20(16)17(21)15-11-14(18(22)23)8-9-19-15/h4-9,11,16H,2-3,10H2,1H3,(H,22,23). The number of rotatable bonds is 3. The highest BCUT2D eigenvalue weighted by Gasteiger charge is 2.31. The second-order valence-corrected chi connectivity index (χ2v) is 5.80. The highest BCUT2D eigenvalue weighted by atomic mass is 16.4. The molecule has 1 aromatic carbocycles. The number of hydrogen-bond donors (Lipinski definition) is 1. The number of carbonyl (C=O) groups excluding carboxylic acids is 1. The molecule has 2 aromatic rings. The second kappa shape index (κ2) is 6.20. The third-order valence-corrected chi connectivity index (χ3v) is 4.20. The molecule has 1 aromatic heterocycles. The molecule has 2 heterocycles. The van der Waals surface area contributed by atoms with Gasteiger partial charge in [0.1, 0.15) is 5.69 Å². The lowest BCUT2D eigenvalue weighted by atomic mass is 10.0. The minimum absolute atomic E-state index is 0.0263. The largest absolute Gasteiger partial charge is 0.478 e. The van der Waals surface area contributed by atoms with Crippen molar-refractivity contribution in [2.75, 3.05) is 6.54 Å². The predicted molar refractivity (Wildman–Crippen MR) is 85.4 cm³/mol. The molecule has 1 saturated heterocycles. The monoisotopic (exact) mass is 310 g/mol. The number of aromatic carboxylic acids is 1. The van der Waals surface area contributed by atoms with E-state index in [9.17, 15) is 9.59 Å². The number of hydrogen-bond acceptors (Lipinski definition) is 3. The number of carboxylic acids is 1. The third-order valence-electron chi connectivity index (χ3n) is 4.20. The normalized spacial score (nSPS) is 17.3. The molecule has 3 rings (SSSR count). The van der Waals surface area contributed by atoms with E-state index in [1.165, 1.54) is 23.9 Å². The number of carbonyl (C=O) groups is 2. The number of pyridine rings is 1. The minimum Gasteiger partial charge on any atom is -0.478 e. The minimum atomic E-state index is -1.06. The van der Waals surface area contributed by atoms with Crippen molar-refractivity contribution in [2.24, 2.45) is 0 Å². The number of aryl methyl sites for hydroxylation is 1. The number of aromatic nitrogens is 1. The maximum absolute atomic E-state index is 12.7. The van der Waals surface area contributed by atoms with E-state index in [1.807, 2.05) is 31.2 Å². The van der Waals surface area contributed by atoms with Crippen molar-refractivity contribution in [1.82, 2.24) is 9.88 Å². The quantitative estimate of drug-likeness (QED) is 0.946. The molecule has 0 saturated carbocycles. The van der Waals surface area contributed by atoms with E-state index in [0.717, 1.165) is 18.4 Å². The van der Waals surface area contributed by atoms with Gasteiger partial charge in [-0.1, -0.05) is 29.8 Å². The number of nitrogens with zero attached hydrogens (tertiary/aromatic N) is 2. The Bertz CT molecular complexity index is 740. The summed E-state index contributed by atoms with van der Waals surface area (Å²) >= 11 is 0. The molecular formula is C18H18N2O3. The van der Waals surface area contributed by atoms with Crippen molar-refractivity contribution < 1.29 is 14.7 Å². The Morgan fingerprint density at radius 2 is 1.96 bits per heavy atom. The molecule has 1 amide bonds. The molecule has 1 atom stereocenters. The first-order valence-corrected chi connectivity index (χ1v) is 7.63. The van der Waals surface area contributed by atoms with Crippen molar-refractivity contribution in [1.29, 1.82) is 0 Å². The van der Waals surface area contributed by atoms with E-state index < -0.39 is 5.97 Å². The Morgan fingerprint density at radius 3 is 2.65 bits per heavy atom. The van der Waals surface area contributed by atoms with Gasteiger partial charge in [0, 0.05) is 12.7 Å². The molecule has 1 unspecified atom stereocenters. The van der Waals surface area contributed by atoms with Crippen LogP contribution in [0.3, 0.4) is 0 Å². The van der Waals surface area contributed by atoms with E-state index in [1.54, 1.807) is 4.90 Å². The SMILES string of the molecule is Cc1ccc(C2CCCN2C(=O)c2cc(C(=O)O)ccn2)cc1.